The zero-order valence-electron chi connectivity index (χ0n) is 20.9. The summed E-state index contributed by atoms with van der Waals surface area (Å²) in [5, 5.41) is 18.1. The quantitative estimate of drug-likeness (QED) is 0.245. The van der Waals surface area contributed by atoms with Crippen molar-refractivity contribution in [2.24, 2.45) is 0 Å². The molecular formula is C33H22N2O4. The van der Waals surface area contributed by atoms with Gasteiger partial charge in [-0.1, -0.05) is 24.3 Å². The van der Waals surface area contributed by atoms with E-state index < -0.39 is 17.4 Å². The van der Waals surface area contributed by atoms with Crippen molar-refractivity contribution >= 4 is 11.9 Å². The van der Waals surface area contributed by atoms with Crippen molar-refractivity contribution in [3.05, 3.63) is 129 Å². The molecule has 6 rings (SSSR count). The van der Waals surface area contributed by atoms with E-state index in [0.29, 0.717) is 33.8 Å². The molecule has 0 saturated carbocycles. The van der Waals surface area contributed by atoms with E-state index in [4.69, 9.17) is 20.0 Å². The summed E-state index contributed by atoms with van der Waals surface area (Å²) in [6, 6.07) is 28.4. The Labute approximate surface area is 225 Å². The van der Waals surface area contributed by atoms with Gasteiger partial charge in [-0.3, -0.25) is 0 Å². The van der Waals surface area contributed by atoms with Gasteiger partial charge in [0.05, 0.1) is 34.4 Å². The molecular weight excluding hydrogens is 488 g/mol. The van der Waals surface area contributed by atoms with Crippen LogP contribution in [-0.2, 0) is 18.3 Å². The lowest BCUT2D eigenvalue weighted by Gasteiger charge is -2.29. The second-order valence-corrected chi connectivity index (χ2v) is 9.82. The molecule has 2 aliphatic carbocycles. The van der Waals surface area contributed by atoms with Crippen molar-refractivity contribution in [1.82, 2.24) is 0 Å². The predicted octanol–water partition coefficient (Wildman–Crippen LogP) is 6.05. The van der Waals surface area contributed by atoms with Gasteiger partial charge in [-0.05, 0) is 103 Å². The standard InChI is InChI=1S/C33H22N2O4/c34-19-21-7-11-25(12-8-21)31(36)39-28-6-2-4-24-16-18-33(30(24)28)17-15-23-3-1-5-27(29(23)33)32(37)38-26-13-9-22(20-35)10-14-26/h1-14H,15-18H2. The van der Waals surface area contributed by atoms with Gasteiger partial charge in [0.25, 0.3) is 0 Å². The maximum Gasteiger partial charge on any atom is 0.343 e. The molecule has 0 fully saturated rings. The number of nitriles is 2. The number of aryl methyl sites for hydroxylation is 2. The largest absolute Gasteiger partial charge is 0.423 e. The molecule has 0 bridgehead atoms. The van der Waals surface area contributed by atoms with Crippen LogP contribution in [0.2, 0.25) is 0 Å². The summed E-state index contributed by atoms with van der Waals surface area (Å²) in [5.41, 5.74) is 5.40. The Morgan fingerprint density at radius 1 is 0.667 bits per heavy atom. The van der Waals surface area contributed by atoms with Crippen molar-refractivity contribution in [2.45, 2.75) is 31.1 Å². The van der Waals surface area contributed by atoms with Gasteiger partial charge in [0.1, 0.15) is 11.5 Å². The molecule has 0 heterocycles. The molecule has 0 radical (unpaired) electrons. The van der Waals surface area contributed by atoms with Gasteiger partial charge < -0.3 is 9.47 Å². The number of hydrogen-bond donors (Lipinski definition) is 0. The first-order valence-electron chi connectivity index (χ1n) is 12.7. The molecule has 0 aliphatic heterocycles. The SMILES string of the molecule is N#Cc1ccc(OC(=O)c2cccc3c2C2(CCc4cccc(OC(=O)c5ccc(C#N)cc5)c42)CC3)cc1. The predicted molar refractivity (Wildman–Crippen MR) is 143 cm³/mol. The number of benzene rings is 4. The highest BCUT2D eigenvalue weighted by molar-refractivity contribution is 5.95. The van der Waals surface area contributed by atoms with Crippen LogP contribution in [0.25, 0.3) is 0 Å². The minimum Gasteiger partial charge on any atom is -0.423 e. The third-order valence-electron chi connectivity index (χ3n) is 7.73. The number of rotatable bonds is 4. The highest BCUT2D eigenvalue weighted by atomic mass is 16.5. The van der Waals surface area contributed by atoms with Crippen LogP contribution in [0.5, 0.6) is 11.5 Å². The molecule has 1 spiro atoms. The van der Waals surface area contributed by atoms with Gasteiger partial charge in [-0.25, -0.2) is 9.59 Å². The highest BCUT2D eigenvalue weighted by Gasteiger charge is 2.49. The van der Waals surface area contributed by atoms with Crippen LogP contribution in [0.15, 0.2) is 84.9 Å². The van der Waals surface area contributed by atoms with E-state index in [1.807, 2.05) is 24.3 Å². The average Bonchev–Trinajstić information content (AvgIpc) is 3.55. The van der Waals surface area contributed by atoms with Crippen molar-refractivity contribution in [1.29, 1.82) is 10.5 Å². The van der Waals surface area contributed by atoms with E-state index in [0.717, 1.165) is 47.9 Å². The Morgan fingerprint density at radius 3 is 1.90 bits per heavy atom. The normalized spacial score (nSPS) is 16.6. The molecule has 6 nitrogen and oxygen atoms in total. The van der Waals surface area contributed by atoms with Crippen LogP contribution < -0.4 is 9.47 Å². The van der Waals surface area contributed by atoms with Crippen LogP contribution in [0, 0.1) is 22.7 Å². The first-order valence-corrected chi connectivity index (χ1v) is 12.7. The molecule has 0 aromatic heterocycles. The molecule has 6 heteroatoms. The molecule has 39 heavy (non-hydrogen) atoms. The number of nitrogens with zero attached hydrogens (tertiary/aromatic N) is 2. The second-order valence-electron chi connectivity index (χ2n) is 9.82. The first-order chi connectivity index (χ1) is 19.0. The summed E-state index contributed by atoms with van der Waals surface area (Å²) in [6.07, 6.45) is 3.19. The molecule has 0 saturated heterocycles. The van der Waals surface area contributed by atoms with E-state index in [9.17, 15) is 9.59 Å². The van der Waals surface area contributed by atoms with E-state index in [2.05, 4.69) is 18.2 Å². The number of hydrogen-bond acceptors (Lipinski definition) is 6. The zero-order valence-corrected chi connectivity index (χ0v) is 20.9. The third-order valence-corrected chi connectivity index (χ3v) is 7.73. The third kappa shape index (κ3) is 4.13. The summed E-state index contributed by atoms with van der Waals surface area (Å²) in [7, 11) is 0. The molecule has 188 valence electrons. The zero-order chi connectivity index (χ0) is 27.0. The van der Waals surface area contributed by atoms with E-state index in [-0.39, 0.29) is 0 Å². The topological polar surface area (TPSA) is 100 Å². The van der Waals surface area contributed by atoms with Gasteiger partial charge >= 0.3 is 11.9 Å². The molecule has 2 aliphatic rings. The summed E-state index contributed by atoms with van der Waals surface area (Å²) in [6.45, 7) is 0. The minimum atomic E-state index is -0.498. The van der Waals surface area contributed by atoms with Crippen LogP contribution in [0.4, 0.5) is 0 Å². The maximum absolute atomic E-state index is 13.5. The summed E-state index contributed by atoms with van der Waals surface area (Å²) >= 11 is 0. The molecule has 0 N–H and O–H groups in total. The Bertz CT molecular complexity index is 1710. The van der Waals surface area contributed by atoms with Gasteiger partial charge in [-0.15, -0.1) is 0 Å². The first kappa shape index (κ1) is 24.2. The summed E-state index contributed by atoms with van der Waals surface area (Å²) in [5.74, 6) is -0.102. The number of carbonyl (C=O) groups excluding carboxylic acids is 2. The van der Waals surface area contributed by atoms with Crippen molar-refractivity contribution in [3.8, 4) is 23.6 Å². The van der Waals surface area contributed by atoms with Crippen molar-refractivity contribution < 1.29 is 19.1 Å². The minimum absolute atomic E-state index is 0.358. The molecule has 1 unspecified atom stereocenters. The van der Waals surface area contributed by atoms with Crippen molar-refractivity contribution in [3.63, 3.8) is 0 Å². The lowest BCUT2D eigenvalue weighted by Crippen LogP contribution is -2.26. The van der Waals surface area contributed by atoms with Gasteiger partial charge in [-0.2, -0.15) is 10.5 Å². The Hall–Kier alpha value is -5.20. The number of esters is 2. The lowest BCUT2D eigenvalue weighted by molar-refractivity contribution is 0.0719. The van der Waals surface area contributed by atoms with E-state index >= 15 is 0 Å². The fourth-order valence-corrected chi connectivity index (χ4v) is 6.00. The highest BCUT2D eigenvalue weighted by Crippen LogP contribution is 2.56. The monoisotopic (exact) mass is 510 g/mol. The van der Waals surface area contributed by atoms with Crippen LogP contribution >= 0.6 is 0 Å². The van der Waals surface area contributed by atoms with E-state index in [1.54, 1.807) is 54.6 Å². The van der Waals surface area contributed by atoms with Crippen LogP contribution in [-0.4, -0.2) is 11.9 Å². The lowest BCUT2D eigenvalue weighted by atomic mass is 9.74. The molecule has 0 amide bonds. The van der Waals surface area contributed by atoms with Gasteiger partial charge in [0, 0.05) is 11.0 Å². The molecule has 4 aromatic carbocycles. The molecule has 1 atom stereocenters. The van der Waals surface area contributed by atoms with Crippen LogP contribution in [0.1, 0.15) is 66.9 Å². The number of fused-ring (bicyclic) bond motifs is 4. The summed E-state index contributed by atoms with van der Waals surface area (Å²) in [4.78, 5) is 26.6. The maximum atomic E-state index is 13.5. The van der Waals surface area contributed by atoms with E-state index in [1.165, 1.54) is 0 Å². The molecule has 4 aromatic rings. The smallest absolute Gasteiger partial charge is 0.343 e. The second kappa shape index (κ2) is 9.59. The fourth-order valence-electron chi connectivity index (χ4n) is 6.00. The summed E-state index contributed by atoms with van der Waals surface area (Å²) < 4.78 is 11.7. The Morgan fingerprint density at radius 2 is 1.26 bits per heavy atom. The number of ether oxygens (including phenoxy) is 2. The Balaban J connectivity index is 1.38. The Kier molecular flexibility index (Phi) is 5.94. The van der Waals surface area contributed by atoms with Crippen LogP contribution in [0.3, 0.4) is 0 Å². The van der Waals surface area contributed by atoms with Crippen molar-refractivity contribution in [2.75, 3.05) is 0 Å². The number of carbonyl (C=O) groups is 2. The average molecular weight is 511 g/mol. The van der Waals surface area contributed by atoms with Gasteiger partial charge in [0.2, 0.25) is 0 Å². The van der Waals surface area contributed by atoms with Gasteiger partial charge in [0.15, 0.2) is 0 Å². The fraction of sp³-hybridized carbons (Fsp3) is 0.152.